The predicted molar refractivity (Wildman–Crippen MR) is 129 cm³/mol. The lowest BCUT2D eigenvalue weighted by atomic mass is 9.85. The molecule has 31 heavy (non-hydrogen) atoms. The maximum atomic E-state index is 13.8. The third-order valence-electron chi connectivity index (χ3n) is 6.37. The second-order valence-corrected chi connectivity index (χ2v) is 8.46. The van der Waals surface area contributed by atoms with Gasteiger partial charge in [0, 0.05) is 37.3 Å². The first-order valence-electron chi connectivity index (χ1n) is 10.4. The van der Waals surface area contributed by atoms with E-state index >= 15 is 0 Å². The van der Waals surface area contributed by atoms with Gasteiger partial charge in [0.15, 0.2) is 5.96 Å². The molecule has 4 atom stereocenters. The highest BCUT2D eigenvalue weighted by atomic mass is 127. The molecule has 1 saturated carbocycles. The molecule has 1 aliphatic heterocycles. The minimum absolute atomic E-state index is 0. The summed E-state index contributed by atoms with van der Waals surface area (Å²) in [5, 5.41) is 6.71. The molecule has 0 radical (unpaired) electrons. The molecular weight excluding hydrogens is 534 g/mol. The zero-order valence-electron chi connectivity index (χ0n) is 17.3. The summed E-state index contributed by atoms with van der Waals surface area (Å²) in [6, 6.07) is 4.65. The number of allylic oxidation sites excluding steroid dienone is 2. The molecule has 168 valence electrons. The number of imide groups is 1. The van der Waals surface area contributed by atoms with Crippen molar-refractivity contribution in [1.29, 1.82) is 0 Å². The van der Waals surface area contributed by atoms with E-state index in [9.17, 15) is 14.0 Å². The van der Waals surface area contributed by atoms with Gasteiger partial charge in [-0.2, -0.15) is 0 Å². The Hall–Kier alpha value is -1.68. The molecule has 1 saturated heterocycles. The second-order valence-electron chi connectivity index (χ2n) is 8.06. The van der Waals surface area contributed by atoms with Crippen molar-refractivity contribution in [2.45, 2.75) is 19.3 Å². The number of amides is 2. The number of aliphatic imine (C=N–C) groups is 1. The summed E-state index contributed by atoms with van der Waals surface area (Å²) >= 11 is 6.05. The van der Waals surface area contributed by atoms with Gasteiger partial charge < -0.3 is 10.6 Å². The molecule has 2 fully saturated rings. The molecule has 2 amide bonds. The van der Waals surface area contributed by atoms with Crippen LogP contribution in [0.3, 0.4) is 0 Å². The fourth-order valence-corrected chi connectivity index (χ4v) is 5.18. The van der Waals surface area contributed by atoms with Crippen LogP contribution < -0.4 is 10.6 Å². The standard InChI is InChI=1S/C22H26ClFN4O2.HI/c1-25-22(27-10-8-15-16(23)4-2-5-17(15)24)26-9-3-11-28-20(29)18-13-6-7-14(12-13)19(18)21(28)30;/h2,4-7,13-14,18-19H,3,8-12H2,1H3,(H2,25,26,27);1H. The van der Waals surface area contributed by atoms with Gasteiger partial charge in [-0.05, 0) is 43.2 Å². The van der Waals surface area contributed by atoms with E-state index < -0.39 is 0 Å². The normalized spacial score (nSPS) is 26.3. The number of halogens is 3. The van der Waals surface area contributed by atoms with Crippen LogP contribution in [0, 0.1) is 29.5 Å². The fourth-order valence-electron chi connectivity index (χ4n) is 4.93. The van der Waals surface area contributed by atoms with Crippen LogP contribution in [-0.4, -0.2) is 49.4 Å². The van der Waals surface area contributed by atoms with Gasteiger partial charge >= 0.3 is 0 Å². The van der Waals surface area contributed by atoms with Crippen molar-refractivity contribution in [1.82, 2.24) is 15.5 Å². The molecular formula is C22H27ClFIN4O2. The van der Waals surface area contributed by atoms with Crippen LogP contribution in [-0.2, 0) is 16.0 Å². The Morgan fingerprint density at radius 1 is 1.16 bits per heavy atom. The Morgan fingerprint density at radius 2 is 1.81 bits per heavy atom. The smallest absolute Gasteiger partial charge is 0.233 e. The van der Waals surface area contributed by atoms with E-state index in [0.29, 0.717) is 49.0 Å². The van der Waals surface area contributed by atoms with Crippen molar-refractivity contribution in [3.8, 4) is 0 Å². The largest absolute Gasteiger partial charge is 0.356 e. The molecule has 1 heterocycles. The summed E-state index contributed by atoms with van der Waals surface area (Å²) in [6.45, 7) is 1.46. The number of likely N-dealkylation sites (tertiary alicyclic amines) is 1. The third-order valence-corrected chi connectivity index (χ3v) is 6.72. The van der Waals surface area contributed by atoms with Crippen LogP contribution in [0.15, 0.2) is 35.3 Å². The van der Waals surface area contributed by atoms with Crippen LogP contribution in [0.4, 0.5) is 4.39 Å². The Kier molecular flexibility index (Phi) is 7.96. The zero-order chi connectivity index (χ0) is 21.3. The Balaban J connectivity index is 0.00000272. The first-order valence-corrected chi connectivity index (χ1v) is 10.8. The van der Waals surface area contributed by atoms with Gasteiger partial charge in [-0.25, -0.2) is 4.39 Å². The molecule has 0 aromatic heterocycles. The maximum absolute atomic E-state index is 13.8. The van der Waals surface area contributed by atoms with Gasteiger partial charge in [0.2, 0.25) is 11.8 Å². The number of carbonyl (C=O) groups is 2. The highest BCUT2D eigenvalue weighted by Gasteiger charge is 2.58. The Bertz CT molecular complexity index is 859. The van der Waals surface area contributed by atoms with Crippen LogP contribution in [0.1, 0.15) is 18.4 Å². The average molecular weight is 561 g/mol. The number of nitrogens with zero attached hydrogens (tertiary/aromatic N) is 2. The predicted octanol–water partition coefficient (Wildman–Crippen LogP) is 3.00. The number of nitrogens with one attached hydrogen (secondary N) is 2. The van der Waals surface area contributed by atoms with E-state index in [0.717, 1.165) is 6.42 Å². The second kappa shape index (κ2) is 10.3. The number of carbonyl (C=O) groups excluding carboxylic acids is 2. The van der Waals surface area contributed by atoms with Crippen LogP contribution in [0.2, 0.25) is 5.02 Å². The van der Waals surface area contributed by atoms with E-state index in [1.807, 2.05) is 0 Å². The molecule has 1 aromatic rings. The molecule has 2 N–H and O–H groups in total. The average Bonchev–Trinajstić information content (AvgIpc) is 3.41. The number of benzene rings is 1. The molecule has 1 aromatic carbocycles. The molecule has 2 bridgehead atoms. The van der Waals surface area contributed by atoms with Crippen LogP contribution in [0.5, 0.6) is 0 Å². The number of fused-ring (bicyclic) bond motifs is 5. The summed E-state index contributed by atoms with van der Waals surface area (Å²) in [5.74, 6) is 0.454. The SMILES string of the molecule is CN=C(NCCCN1C(=O)C2C3C=CC(C3)C2C1=O)NCCc1c(F)cccc1Cl.I. The summed E-state index contributed by atoms with van der Waals surface area (Å²) in [5.41, 5.74) is 0.474. The molecule has 3 aliphatic rings. The molecule has 2 aliphatic carbocycles. The minimum atomic E-state index is -0.319. The summed E-state index contributed by atoms with van der Waals surface area (Å²) in [7, 11) is 1.66. The van der Waals surface area contributed by atoms with Crippen molar-refractivity contribution >= 4 is 53.4 Å². The third kappa shape index (κ3) is 4.74. The molecule has 4 rings (SSSR count). The van der Waals surface area contributed by atoms with Gasteiger partial charge in [-0.15, -0.1) is 24.0 Å². The zero-order valence-corrected chi connectivity index (χ0v) is 20.4. The van der Waals surface area contributed by atoms with E-state index in [4.69, 9.17) is 11.6 Å². The summed E-state index contributed by atoms with van der Waals surface area (Å²) < 4.78 is 13.8. The Labute approximate surface area is 203 Å². The topological polar surface area (TPSA) is 73.8 Å². The first-order chi connectivity index (χ1) is 14.5. The van der Waals surface area contributed by atoms with Gasteiger partial charge in [0.1, 0.15) is 5.82 Å². The van der Waals surface area contributed by atoms with E-state index in [-0.39, 0.29) is 65.3 Å². The minimum Gasteiger partial charge on any atom is -0.356 e. The highest BCUT2D eigenvalue weighted by molar-refractivity contribution is 14.0. The van der Waals surface area contributed by atoms with Gasteiger partial charge in [-0.3, -0.25) is 19.5 Å². The van der Waals surface area contributed by atoms with Crippen molar-refractivity contribution in [2.24, 2.45) is 28.7 Å². The van der Waals surface area contributed by atoms with Crippen LogP contribution >= 0.6 is 35.6 Å². The summed E-state index contributed by atoms with van der Waals surface area (Å²) in [4.78, 5) is 30.9. The van der Waals surface area contributed by atoms with E-state index in [2.05, 4.69) is 27.8 Å². The lowest BCUT2D eigenvalue weighted by Gasteiger charge is -2.18. The quantitative estimate of drug-likeness (QED) is 0.134. The van der Waals surface area contributed by atoms with Crippen LogP contribution in [0.25, 0.3) is 0 Å². The number of hydrogen-bond donors (Lipinski definition) is 2. The number of rotatable bonds is 7. The fraction of sp³-hybridized carbons (Fsp3) is 0.500. The maximum Gasteiger partial charge on any atom is 0.233 e. The van der Waals surface area contributed by atoms with Crippen molar-refractivity contribution < 1.29 is 14.0 Å². The van der Waals surface area contributed by atoms with Crippen molar-refractivity contribution in [2.75, 3.05) is 26.7 Å². The number of guanidine groups is 1. The molecule has 9 heteroatoms. The van der Waals surface area contributed by atoms with Gasteiger partial charge in [-0.1, -0.05) is 29.8 Å². The van der Waals surface area contributed by atoms with E-state index in [1.54, 1.807) is 19.2 Å². The van der Waals surface area contributed by atoms with Crippen molar-refractivity contribution in [3.05, 3.63) is 46.8 Å². The van der Waals surface area contributed by atoms with E-state index in [1.165, 1.54) is 11.0 Å². The lowest BCUT2D eigenvalue weighted by molar-refractivity contribution is -0.140. The van der Waals surface area contributed by atoms with Crippen molar-refractivity contribution in [3.63, 3.8) is 0 Å². The first kappa shape index (κ1) is 24.0. The molecule has 4 unspecified atom stereocenters. The summed E-state index contributed by atoms with van der Waals surface area (Å²) in [6.07, 6.45) is 6.22. The molecule has 6 nitrogen and oxygen atoms in total. The Morgan fingerprint density at radius 3 is 2.42 bits per heavy atom. The molecule has 0 spiro atoms. The lowest BCUT2D eigenvalue weighted by Crippen LogP contribution is -2.40. The van der Waals surface area contributed by atoms with Gasteiger partial charge in [0.05, 0.1) is 11.8 Å². The number of hydrogen-bond acceptors (Lipinski definition) is 3. The highest BCUT2D eigenvalue weighted by Crippen LogP contribution is 2.52. The van der Waals surface area contributed by atoms with Gasteiger partial charge in [0.25, 0.3) is 0 Å². The monoisotopic (exact) mass is 560 g/mol.